The normalized spacial score (nSPS) is 15.2. The highest BCUT2D eigenvalue weighted by atomic mass is 16.5. The van der Waals surface area contributed by atoms with E-state index in [2.05, 4.69) is 5.32 Å². The molecule has 0 aromatic rings. The molecule has 19 heavy (non-hydrogen) atoms. The largest absolute Gasteiger partial charge is 0.480 e. The third kappa shape index (κ3) is 5.12. The van der Waals surface area contributed by atoms with Crippen LogP contribution in [0.25, 0.3) is 0 Å². The molecule has 1 saturated heterocycles. The summed E-state index contributed by atoms with van der Waals surface area (Å²) >= 11 is 0. The Labute approximate surface area is 111 Å². The maximum absolute atomic E-state index is 11.7. The molecule has 1 heterocycles. The van der Waals surface area contributed by atoms with Crippen molar-refractivity contribution in [2.24, 2.45) is 0 Å². The third-order valence-corrected chi connectivity index (χ3v) is 2.70. The van der Waals surface area contributed by atoms with Crippen molar-refractivity contribution in [3.8, 4) is 0 Å². The first-order chi connectivity index (χ1) is 9.04. The van der Waals surface area contributed by atoms with Crippen molar-refractivity contribution in [3.05, 3.63) is 0 Å². The summed E-state index contributed by atoms with van der Waals surface area (Å²) in [6, 6.07) is -0.128. The highest BCUT2D eigenvalue weighted by molar-refractivity contribution is 5.79. The van der Waals surface area contributed by atoms with Gasteiger partial charge in [-0.1, -0.05) is 0 Å². The number of aliphatic carboxylic acids is 1. The molecular formula is C11H19N3O5. The lowest BCUT2D eigenvalue weighted by Crippen LogP contribution is -2.53. The van der Waals surface area contributed by atoms with Crippen molar-refractivity contribution < 1.29 is 24.2 Å². The van der Waals surface area contributed by atoms with Crippen LogP contribution in [0.2, 0.25) is 0 Å². The molecule has 1 aliphatic heterocycles. The van der Waals surface area contributed by atoms with E-state index in [0.29, 0.717) is 32.7 Å². The van der Waals surface area contributed by atoms with E-state index in [1.807, 2.05) is 6.92 Å². The zero-order valence-electron chi connectivity index (χ0n) is 10.9. The first-order valence-corrected chi connectivity index (χ1v) is 6.14. The minimum atomic E-state index is -1.10. The molecule has 0 aromatic carbocycles. The number of hydrogen-bond donors (Lipinski definition) is 2. The van der Waals surface area contributed by atoms with Crippen LogP contribution in [0.5, 0.6) is 0 Å². The number of carbonyl (C=O) groups excluding carboxylic acids is 2. The fourth-order valence-electron chi connectivity index (χ4n) is 1.74. The van der Waals surface area contributed by atoms with Gasteiger partial charge >= 0.3 is 12.0 Å². The number of amides is 3. The number of piperazine rings is 1. The van der Waals surface area contributed by atoms with Gasteiger partial charge < -0.3 is 25.0 Å². The molecule has 0 unspecified atom stereocenters. The van der Waals surface area contributed by atoms with Crippen LogP contribution < -0.4 is 5.32 Å². The second-order valence-corrected chi connectivity index (χ2v) is 4.09. The molecule has 8 heteroatoms. The molecule has 1 aliphatic rings. The summed E-state index contributed by atoms with van der Waals surface area (Å²) in [5.41, 5.74) is 0. The van der Waals surface area contributed by atoms with E-state index < -0.39 is 12.6 Å². The summed E-state index contributed by atoms with van der Waals surface area (Å²) in [4.78, 5) is 36.7. The number of urea groups is 1. The standard InChI is InChI=1S/C11H19N3O5/c1-2-12-11(18)14-5-3-13(4-6-14)9(15)7-19-8-10(16)17/h2-8H2,1H3,(H,12,18)(H,16,17). The SMILES string of the molecule is CCNC(=O)N1CCN(C(=O)COCC(=O)O)CC1. The molecule has 2 N–H and O–H groups in total. The first-order valence-electron chi connectivity index (χ1n) is 6.14. The summed E-state index contributed by atoms with van der Waals surface area (Å²) < 4.78 is 4.74. The van der Waals surface area contributed by atoms with Gasteiger partial charge in [0.05, 0.1) is 0 Å². The van der Waals surface area contributed by atoms with Gasteiger partial charge in [-0.3, -0.25) is 4.79 Å². The Morgan fingerprint density at radius 3 is 2.21 bits per heavy atom. The van der Waals surface area contributed by atoms with Crippen LogP contribution in [0.15, 0.2) is 0 Å². The summed E-state index contributed by atoms with van der Waals surface area (Å²) in [5, 5.41) is 11.1. The molecule has 108 valence electrons. The Balaban J connectivity index is 2.27. The van der Waals surface area contributed by atoms with Crippen molar-refractivity contribution >= 4 is 17.9 Å². The molecular weight excluding hydrogens is 254 g/mol. The van der Waals surface area contributed by atoms with Crippen LogP contribution in [0.3, 0.4) is 0 Å². The highest BCUT2D eigenvalue weighted by Crippen LogP contribution is 2.02. The van der Waals surface area contributed by atoms with Gasteiger partial charge in [0, 0.05) is 32.7 Å². The van der Waals surface area contributed by atoms with E-state index in [-0.39, 0.29) is 18.5 Å². The minimum Gasteiger partial charge on any atom is -0.480 e. The van der Waals surface area contributed by atoms with E-state index in [1.165, 1.54) is 0 Å². The molecule has 0 bridgehead atoms. The number of carboxylic acids is 1. The monoisotopic (exact) mass is 273 g/mol. The number of nitrogens with one attached hydrogen (secondary N) is 1. The molecule has 1 rings (SSSR count). The summed E-state index contributed by atoms with van der Waals surface area (Å²) in [6.45, 7) is 3.50. The summed E-state index contributed by atoms with van der Waals surface area (Å²) in [7, 11) is 0. The molecule has 0 saturated carbocycles. The molecule has 1 fully saturated rings. The Kier molecular flexibility index (Phi) is 6.07. The topological polar surface area (TPSA) is 99.2 Å². The van der Waals surface area contributed by atoms with Crippen LogP contribution in [0.1, 0.15) is 6.92 Å². The average Bonchev–Trinajstić information content (AvgIpc) is 2.38. The lowest BCUT2D eigenvalue weighted by Gasteiger charge is -2.34. The van der Waals surface area contributed by atoms with Crippen LogP contribution in [0.4, 0.5) is 4.79 Å². The van der Waals surface area contributed by atoms with Crippen molar-refractivity contribution in [2.45, 2.75) is 6.92 Å². The van der Waals surface area contributed by atoms with Crippen molar-refractivity contribution in [2.75, 3.05) is 45.9 Å². The predicted molar refractivity (Wildman–Crippen MR) is 65.7 cm³/mol. The van der Waals surface area contributed by atoms with Crippen molar-refractivity contribution in [1.29, 1.82) is 0 Å². The molecule has 0 radical (unpaired) electrons. The Morgan fingerprint density at radius 2 is 1.68 bits per heavy atom. The average molecular weight is 273 g/mol. The van der Waals surface area contributed by atoms with Gasteiger partial charge in [0.1, 0.15) is 13.2 Å². The van der Waals surface area contributed by atoms with Gasteiger partial charge in [-0.25, -0.2) is 9.59 Å². The number of ether oxygens (including phenoxy) is 1. The van der Waals surface area contributed by atoms with Gasteiger partial charge in [-0.15, -0.1) is 0 Å². The van der Waals surface area contributed by atoms with E-state index in [1.54, 1.807) is 9.80 Å². The second kappa shape index (κ2) is 7.57. The van der Waals surface area contributed by atoms with E-state index in [0.717, 1.165) is 0 Å². The van der Waals surface area contributed by atoms with Gasteiger partial charge in [0.2, 0.25) is 5.91 Å². The number of hydrogen-bond acceptors (Lipinski definition) is 4. The van der Waals surface area contributed by atoms with Crippen molar-refractivity contribution in [1.82, 2.24) is 15.1 Å². The highest BCUT2D eigenvalue weighted by Gasteiger charge is 2.23. The quantitative estimate of drug-likeness (QED) is 0.666. The Morgan fingerprint density at radius 1 is 1.11 bits per heavy atom. The second-order valence-electron chi connectivity index (χ2n) is 4.09. The lowest BCUT2D eigenvalue weighted by molar-refractivity contribution is -0.146. The van der Waals surface area contributed by atoms with Crippen LogP contribution in [-0.2, 0) is 14.3 Å². The summed E-state index contributed by atoms with van der Waals surface area (Å²) in [5.74, 6) is -1.36. The number of carbonyl (C=O) groups is 3. The maximum Gasteiger partial charge on any atom is 0.329 e. The number of nitrogens with zero attached hydrogens (tertiary/aromatic N) is 2. The van der Waals surface area contributed by atoms with E-state index in [4.69, 9.17) is 9.84 Å². The molecule has 8 nitrogen and oxygen atoms in total. The molecule has 3 amide bonds. The van der Waals surface area contributed by atoms with Crippen molar-refractivity contribution in [3.63, 3.8) is 0 Å². The Hall–Kier alpha value is -1.83. The summed E-state index contributed by atoms with van der Waals surface area (Å²) in [6.07, 6.45) is 0. The molecule has 0 aliphatic carbocycles. The fourth-order valence-corrected chi connectivity index (χ4v) is 1.74. The molecule has 0 spiro atoms. The minimum absolute atomic E-state index is 0.128. The van der Waals surface area contributed by atoms with Crippen LogP contribution >= 0.6 is 0 Å². The van der Waals surface area contributed by atoms with Crippen LogP contribution in [0, 0.1) is 0 Å². The van der Waals surface area contributed by atoms with Crippen LogP contribution in [-0.4, -0.2) is 78.8 Å². The zero-order valence-corrected chi connectivity index (χ0v) is 10.9. The van der Waals surface area contributed by atoms with Gasteiger partial charge in [-0.2, -0.15) is 0 Å². The van der Waals surface area contributed by atoms with Gasteiger partial charge in [-0.05, 0) is 6.92 Å². The number of rotatable bonds is 5. The van der Waals surface area contributed by atoms with E-state index in [9.17, 15) is 14.4 Å². The lowest BCUT2D eigenvalue weighted by atomic mass is 10.3. The zero-order chi connectivity index (χ0) is 14.3. The predicted octanol–water partition coefficient (Wildman–Crippen LogP) is -1.04. The first kappa shape index (κ1) is 15.2. The molecule has 0 atom stereocenters. The fraction of sp³-hybridized carbons (Fsp3) is 0.727. The van der Waals surface area contributed by atoms with E-state index >= 15 is 0 Å². The maximum atomic E-state index is 11.7. The Bertz CT molecular complexity index is 339. The smallest absolute Gasteiger partial charge is 0.329 e. The van der Waals surface area contributed by atoms with Gasteiger partial charge in [0.25, 0.3) is 0 Å². The number of carboxylic acid groups (broad SMARTS) is 1. The van der Waals surface area contributed by atoms with Gasteiger partial charge in [0.15, 0.2) is 0 Å². The third-order valence-electron chi connectivity index (χ3n) is 2.70. The molecule has 0 aromatic heterocycles.